The van der Waals surface area contributed by atoms with Crippen molar-refractivity contribution in [1.29, 1.82) is 0 Å². The van der Waals surface area contributed by atoms with Gasteiger partial charge in [-0.05, 0) is 48.7 Å². The highest BCUT2D eigenvalue weighted by molar-refractivity contribution is 8.00. The van der Waals surface area contributed by atoms with Crippen LogP contribution in [0, 0.1) is 5.41 Å². The molecule has 2 N–H and O–H groups in total. The fraction of sp³-hybridized carbons (Fsp3) is 0.364. The molecule has 5 nitrogen and oxygen atoms in total. The Balaban J connectivity index is 1.97. The van der Waals surface area contributed by atoms with Crippen molar-refractivity contribution < 1.29 is 14.3 Å². The summed E-state index contributed by atoms with van der Waals surface area (Å²) in [5.74, 6) is 0.387. The van der Waals surface area contributed by atoms with E-state index in [1.807, 2.05) is 52.0 Å². The first-order chi connectivity index (χ1) is 13.6. The Morgan fingerprint density at radius 2 is 1.79 bits per heavy atom. The number of methoxy groups -OCH3 is 1. The Morgan fingerprint density at radius 1 is 1.10 bits per heavy atom. The molecule has 2 aromatic rings. The second-order valence-corrected chi connectivity index (χ2v) is 9.73. The molecule has 0 heterocycles. The monoisotopic (exact) mass is 434 g/mol. The van der Waals surface area contributed by atoms with Gasteiger partial charge >= 0.3 is 0 Å². The predicted molar refractivity (Wildman–Crippen MR) is 121 cm³/mol. The van der Waals surface area contributed by atoms with E-state index in [0.717, 1.165) is 10.6 Å². The molecule has 29 heavy (non-hydrogen) atoms. The first-order valence-corrected chi connectivity index (χ1v) is 10.5. The van der Waals surface area contributed by atoms with Crippen LogP contribution in [0.5, 0.6) is 5.75 Å². The van der Waals surface area contributed by atoms with Crippen molar-refractivity contribution in [2.24, 2.45) is 5.41 Å². The van der Waals surface area contributed by atoms with Crippen LogP contribution in [-0.2, 0) is 9.59 Å². The lowest BCUT2D eigenvalue weighted by molar-refractivity contribution is -0.118. The number of anilines is 2. The van der Waals surface area contributed by atoms with Crippen molar-refractivity contribution in [2.45, 2.75) is 44.3 Å². The maximum absolute atomic E-state index is 12.5. The van der Waals surface area contributed by atoms with E-state index in [1.54, 1.807) is 18.2 Å². The molecule has 0 saturated heterocycles. The van der Waals surface area contributed by atoms with Gasteiger partial charge in [-0.15, -0.1) is 11.8 Å². The SMILES string of the molecule is COc1ccc(NC(=O)C(C)Sc2cccc(NC(=O)CC(C)(C)C)c2)cc1Cl. The van der Waals surface area contributed by atoms with Crippen LogP contribution in [0.15, 0.2) is 47.4 Å². The number of carbonyl (C=O) groups excluding carboxylic acids is 2. The number of rotatable bonds is 7. The summed E-state index contributed by atoms with van der Waals surface area (Å²) >= 11 is 7.52. The van der Waals surface area contributed by atoms with E-state index in [2.05, 4.69) is 10.6 Å². The van der Waals surface area contributed by atoms with Crippen LogP contribution in [0.25, 0.3) is 0 Å². The molecule has 0 radical (unpaired) electrons. The van der Waals surface area contributed by atoms with Crippen molar-refractivity contribution in [2.75, 3.05) is 17.7 Å². The van der Waals surface area contributed by atoms with E-state index in [-0.39, 0.29) is 22.5 Å². The number of thioether (sulfide) groups is 1. The summed E-state index contributed by atoms with van der Waals surface area (Å²) in [7, 11) is 1.54. The highest BCUT2D eigenvalue weighted by Gasteiger charge is 2.17. The van der Waals surface area contributed by atoms with Gasteiger partial charge in [-0.3, -0.25) is 9.59 Å². The summed E-state index contributed by atoms with van der Waals surface area (Å²) in [6.45, 7) is 7.90. The number of amides is 2. The van der Waals surface area contributed by atoms with Crippen molar-refractivity contribution in [3.05, 3.63) is 47.5 Å². The fourth-order valence-corrected chi connectivity index (χ4v) is 3.76. The van der Waals surface area contributed by atoms with Gasteiger partial charge in [0.15, 0.2) is 0 Å². The van der Waals surface area contributed by atoms with Crippen LogP contribution in [0.1, 0.15) is 34.1 Å². The van der Waals surface area contributed by atoms with Crippen molar-refractivity contribution in [3.63, 3.8) is 0 Å². The minimum atomic E-state index is -0.337. The largest absolute Gasteiger partial charge is 0.495 e. The molecule has 1 unspecified atom stereocenters. The Morgan fingerprint density at radius 3 is 2.41 bits per heavy atom. The number of hydrogen-bond acceptors (Lipinski definition) is 4. The van der Waals surface area contributed by atoms with E-state index in [0.29, 0.717) is 22.9 Å². The highest BCUT2D eigenvalue weighted by Crippen LogP contribution is 2.29. The number of nitrogens with one attached hydrogen (secondary N) is 2. The molecule has 0 bridgehead atoms. The summed E-state index contributed by atoms with van der Waals surface area (Å²) < 4.78 is 5.12. The van der Waals surface area contributed by atoms with Crippen molar-refractivity contribution in [3.8, 4) is 5.75 Å². The minimum Gasteiger partial charge on any atom is -0.495 e. The van der Waals surface area contributed by atoms with Gasteiger partial charge in [-0.25, -0.2) is 0 Å². The molecule has 2 rings (SSSR count). The van der Waals surface area contributed by atoms with Crippen LogP contribution in [-0.4, -0.2) is 24.2 Å². The van der Waals surface area contributed by atoms with E-state index < -0.39 is 0 Å². The second kappa shape index (κ2) is 10.0. The quantitative estimate of drug-likeness (QED) is 0.537. The number of ether oxygens (including phenoxy) is 1. The van der Waals surface area contributed by atoms with E-state index >= 15 is 0 Å². The molecule has 0 aliphatic rings. The molecule has 0 aliphatic carbocycles. The Bertz CT molecular complexity index is 881. The summed E-state index contributed by atoms with van der Waals surface area (Å²) in [5, 5.41) is 5.87. The number of halogens is 1. The molecule has 7 heteroatoms. The van der Waals surface area contributed by atoms with E-state index in [1.165, 1.54) is 18.9 Å². The Kier molecular flexibility index (Phi) is 7.99. The maximum atomic E-state index is 12.5. The first-order valence-electron chi connectivity index (χ1n) is 9.28. The van der Waals surface area contributed by atoms with Crippen LogP contribution in [0.4, 0.5) is 11.4 Å². The molecule has 1 atom stereocenters. The molecule has 0 fully saturated rings. The van der Waals surface area contributed by atoms with Gasteiger partial charge in [0.25, 0.3) is 0 Å². The van der Waals surface area contributed by atoms with Crippen molar-refractivity contribution >= 4 is 46.6 Å². The Labute approximate surface area is 181 Å². The molecule has 0 saturated carbocycles. The normalized spacial score (nSPS) is 12.2. The third-order valence-electron chi connectivity index (χ3n) is 3.91. The summed E-state index contributed by atoms with van der Waals surface area (Å²) in [4.78, 5) is 25.6. The standard InChI is InChI=1S/C22H27ClN2O3S/c1-14(21(27)25-16-9-10-19(28-5)18(23)12-16)29-17-8-6-7-15(11-17)24-20(26)13-22(2,3)4/h6-12,14H,13H2,1-5H3,(H,24,26)(H,25,27). The average Bonchev–Trinajstić information content (AvgIpc) is 2.60. The highest BCUT2D eigenvalue weighted by atomic mass is 35.5. The fourth-order valence-electron chi connectivity index (χ4n) is 2.58. The van der Waals surface area contributed by atoms with Crippen LogP contribution in [0.3, 0.4) is 0 Å². The average molecular weight is 435 g/mol. The van der Waals surface area contributed by atoms with E-state index in [9.17, 15) is 9.59 Å². The van der Waals surface area contributed by atoms with E-state index in [4.69, 9.17) is 16.3 Å². The zero-order chi connectivity index (χ0) is 21.6. The molecule has 156 valence electrons. The van der Waals surface area contributed by atoms with Crippen LogP contribution < -0.4 is 15.4 Å². The number of carbonyl (C=O) groups is 2. The topological polar surface area (TPSA) is 67.4 Å². The Hall–Kier alpha value is -2.18. The number of benzene rings is 2. The second-order valence-electron chi connectivity index (χ2n) is 7.91. The zero-order valence-corrected chi connectivity index (χ0v) is 18.9. The number of hydrogen-bond donors (Lipinski definition) is 2. The van der Waals surface area contributed by atoms with Gasteiger partial charge in [0.1, 0.15) is 5.75 Å². The third-order valence-corrected chi connectivity index (χ3v) is 5.30. The zero-order valence-electron chi connectivity index (χ0n) is 17.3. The van der Waals surface area contributed by atoms with Gasteiger partial charge in [-0.2, -0.15) is 0 Å². The van der Waals surface area contributed by atoms with Gasteiger partial charge in [0, 0.05) is 22.7 Å². The lowest BCUT2D eigenvalue weighted by Gasteiger charge is -2.17. The smallest absolute Gasteiger partial charge is 0.237 e. The van der Waals surface area contributed by atoms with Gasteiger partial charge in [-0.1, -0.05) is 38.4 Å². The summed E-state index contributed by atoms with van der Waals surface area (Å²) in [6, 6.07) is 12.6. The summed E-state index contributed by atoms with van der Waals surface area (Å²) in [5.41, 5.74) is 1.25. The molecule has 2 amide bonds. The maximum Gasteiger partial charge on any atom is 0.237 e. The van der Waals surface area contributed by atoms with Gasteiger partial charge in [0.2, 0.25) is 11.8 Å². The predicted octanol–water partition coefficient (Wildman–Crippen LogP) is 5.84. The summed E-state index contributed by atoms with van der Waals surface area (Å²) in [6.07, 6.45) is 0.438. The first kappa shape index (κ1) is 23.1. The lowest BCUT2D eigenvalue weighted by atomic mass is 9.92. The molecule has 0 aliphatic heterocycles. The lowest BCUT2D eigenvalue weighted by Crippen LogP contribution is -2.22. The molecule has 2 aromatic carbocycles. The van der Waals surface area contributed by atoms with Crippen molar-refractivity contribution in [1.82, 2.24) is 0 Å². The molecule has 0 spiro atoms. The third kappa shape index (κ3) is 7.63. The minimum absolute atomic E-state index is 0.0261. The molecular formula is C22H27ClN2O3S. The molecule has 0 aromatic heterocycles. The van der Waals surface area contributed by atoms with Crippen LogP contribution in [0.2, 0.25) is 5.02 Å². The van der Waals surface area contributed by atoms with Gasteiger partial charge < -0.3 is 15.4 Å². The van der Waals surface area contributed by atoms with Crippen LogP contribution >= 0.6 is 23.4 Å². The molecular weight excluding hydrogens is 408 g/mol. The van der Waals surface area contributed by atoms with Gasteiger partial charge in [0.05, 0.1) is 17.4 Å².